The third-order valence-electron chi connectivity index (χ3n) is 15.8. The van der Waals surface area contributed by atoms with E-state index in [9.17, 15) is 43.2 Å². The lowest BCUT2D eigenvalue weighted by Gasteiger charge is -2.21. The van der Waals surface area contributed by atoms with Gasteiger partial charge in [0, 0.05) is 25.7 Å². The van der Waals surface area contributed by atoms with Crippen molar-refractivity contribution in [3.05, 3.63) is 0 Å². The maximum absolute atomic E-state index is 13.0. The molecule has 0 radical (unpaired) electrons. The predicted molar refractivity (Wildman–Crippen MR) is 349 cm³/mol. The number of phosphoric acid groups is 2. The van der Waals surface area contributed by atoms with Crippen molar-refractivity contribution in [2.75, 3.05) is 39.6 Å². The van der Waals surface area contributed by atoms with Crippen LogP contribution in [0.3, 0.4) is 0 Å². The summed E-state index contributed by atoms with van der Waals surface area (Å²) in [5.41, 5.74) is 0. The van der Waals surface area contributed by atoms with Gasteiger partial charge in [-0.2, -0.15) is 0 Å². The molecule has 3 N–H and O–H groups in total. The Hall–Kier alpha value is -1.94. The molecule has 87 heavy (non-hydrogen) atoms. The Kier molecular flexibility index (Phi) is 60.2. The second-order valence-electron chi connectivity index (χ2n) is 25.0. The molecule has 0 aliphatic heterocycles. The van der Waals surface area contributed by atoms with E-state index < -0.39 is 97.5 Å². The van der Waals surface area contributed by atoms with Crippen molar-refractivity contribution in [2.45, 2.75) is 368 Å². The topological polar surface area (TPSA) is 237 Å². The van der Waals surface area contributed by atoms with Gasteiger partial charge >= 0.3 is 39.5 Å². The molecule has 19 heteroatoms. The van der Waals surface area contributed by atoms with Gasteiger partial charge in [-0.1, -0.05) is 298 Å². The molecule has 0 heterocycles. The standard InChI is InChI=1S/C68H132O17P2/c1-6-9-12-15-17-19-20-21-22-23-24-25-26-27-30-35-39-44-49-54-68(73)85-64(58-79-66(71)52-47-42-37-34-31-28-29-33-36-41-45-50-61(4)5)60-83-87(76,77)81-56-62(69)55-80-86(74,75)82-59-63(57-78-65(70)51-46-40-14-11-8-3)84-67(72)53-48-43-38-32-18-16-13-10-7-2/h61-64,69H,6-60H2,1-5H3,(H,74,75)(H,76,77)/t62-,63+,64+/m0/s1. The molecule has 5 atom stereocenters. The van der Waals surface area contributed by atoms with Crippen molar-refractivity contribution >= 4 is 39.5 Å². The minimum absolute atomic E-state index is 0.105. The summed E-state index contributed by atoms with van der Waals surface area (Å²) < 4.78 is 67.9. The van der Waals surface area contributed by atoms with Crippen LogP contribution in [0.1, 0.15) is 349 Å². The quantitative estimate of drug-likeness (QED) is 0.0222. The van der Waals surface area contributed by atoms with E-state index in [4.69, 9.17) is 37.0 Å². The Morgan fingerprint density at radius 1 is 0.310 bits per heavy atom. The second-order valence-corrected chi connectivity index (χ2v) is 27.9. The van der Waals surface area contributed by atoms with E-state index in [1.165, 1.54) is 167 Å². The van der Waals surface area contributed by atoms with Crippen molar-refractivity contribution < 1.29 is 80.2 Å². The van der Waals surface area contributed by atoms with E-state index in [0.29, 0.717) is 25.7 Å². The van der Waals surface area contributed by atoms with Gasteiger partial charge in [0.25, 0.3) is 0 Å². The van der Waals surface area contributed by atoms with Gasteiger partial charge in [-0.3, -0.25) is 37.3 Å². The van der Waals surface area contributed by atoms with Crippen LogP contribution < -0.4 is 0 Å². The first-order chi connectivity index (χ1) is 42.0. The van der Waals surface area contributed by atoms with Crippen molar-refractivity contribution in [1.82, 2.24) is 0 Å². The number of unbranched alkanes of at least 4 members (excludes halogenated alkanes) is 40. The number of aliphatic hydroxyl groups is 1. The summed E-state index contributed by atoms with van der Waals surface area (Å²) in [6, 6.07) is 0. The van der Waals surface area contributed by atoms with Crippen molar-refractivity contribution in [3.63, 3.8) is 0 Å². The molecule has 0 fully saturated rings. The van der Waals surface area contributed by atoms with Crippen LogP contribution in [0.2, 0.25) is 0 Å². The molecule has 0 aliphatic rings. The van der Waals surface area contributed by atoms with E-state index in [1.807, 2.05) is 0 Å². The Labute approximate surface area is 530 Å². The number of hydrogen-bond donors (Lipinski definition) is 3. The summed E-state index contributed by atoms with van der Waals surface area (Å²) in [6.07, 6.45) is 47.7. The molecule has 0 aromatic rings. The van der Waals surface area contributed by atoms with Gasteiger partial charge in [0.05, 0.1) is 26.4 Å². The largest absolute Gasteiger partial charge is 0.472 e. The Morgan fingerprint density at radius 3 is 0.782 bits per heavy atom. The fourth-order valence-electron chi connectivity index (χ4n) is 10.3. The number of carbonyl (C=O) groups excluding carboxylic acids is 4. The van der Waals surface area contributed by atoms with Gasteiger partial charge in [0.2, 0.25) is 0 Å². The van der Waals surface area contributed by atoms with Gasteiger partial charge < -0.3 is 33.8 Å². The van der Waals surface area contributed by atoms with Gasteiger partial charge in [-0.15, -0.1) is 0 Å². The molecule has 0 saturated heterocycles. The third-order valence-corrected chi connectivity index (χ3v) is 17.7. The maximum Gasteiger partial charge on any atom is 0.472 e. The number of carbonyl (C=O) groups is 4. The molecular weight excluding hydrogens is 1150 g/mol. The van der Waals surface area contributed by atoms with Crippen LogP contribution >= 0.6 is 15.6 Å². The highest BCUT2D eigenvalue weighted by Crippen LogP contribution is 2.45. The smallest absolute Gasteiger partial charge is 0.462 e. The van der Waals surface area contributed by atoms with Gasteiger partial charge in [-0.05, 0) is 31.6 Å². The van der Waals surface area contributed by atoms with E-state index >= 15 is 0 Å². The minimum Gasteiger partial charge on any atom is -0.462 e. The molecule has 0 bridgehead atoms. The Bertz CT molecular complexity index is 1690. The van der Waals surface area contributed by atoms with Gasteiger partial charge in [0.15, 0.2) is 12.2 Å². The highest BCUT2D eigenvalue weighted by molar-refractivity contribution is 7.47. The van der Waals surface area contributed by atoms with Crippen LogP contribution in [0.5, 0.6) is 0 Å². The van der Waals surface area contributed by atoms with Gasteiger partial charge in [-0.25, -0.2) is 9.13 Å². The minimum atomic E-state index is -4.95. The highest BCUT2D eigenvalue weighted by atomic mass is 31.2. The molecule has 17 nitrogen and oxygen atoms in total. The summed E-state index contributed by atoms with van der Waals surface area (Å²) in [5, 5.41) is 10.5. The SMILES string of the molecule is CCCCCCCCCCCCCCCCCCCCCC(=O)O[C@H](COC(=O)CCCCCCCCCCCCCC(C)C)COP(=O)(O)OC[C@@H](O)COP(=O)(O)OC[C@@H](COC(=O)CCCCCCC)OC(=O)CCCCCCCCCCC. The molecule has 0 spiro atoms. The van der Waals surface area contributed by atoms with Crippen molar-refractivity contribution in [2.24, 2.45) is 5.92 Å². The van der Waals surface area contributed by atoms with Crippen molar-refractivity contribution in [3.8, 4) is 0 Å². The van der Waals surface area contributed by atoms with Gasteiger partial charge in [0.1, 0.15) is 19.3 Å². The average Bonchev–Trinajstić information content (AvgIpc) is 3.48. The molecule has 0 amide bonds. The first-order valence-electron chi connectivity index (χ1n) is 35.6. The molecular formula is C68H132O17P2. The molecule has 516 valence electrons. The van der Waals surface area contributed by atoms with Crippen LogP contribution in [0, 0.1) is 5.92 Å². The first kappa shape index (κ1) is 85.1. The monoisotopic (exact) mass is 1280 g/mol. The molecule has 0 aromatic carbocycles. The summed E-state index contributed by atoms with van der Waals surface area (Å²) in [4.78, 5) is 72.1. The van der Waals surface area contributed by atoms with Crippen molar-refractivity contribution in [1.29, 1.82) is 0 Å². The summed E-state index contributed by atoms with van der Waals surface area (Å²) in [6.45, 7) is 7.13. The lowest BCUT2D eigenvalue weighted by Crippen LogP contribution is -2.30. The second kappa shape index (κ2) is 61.6. The Balaban J connectivity index is 5.13. The zero-order chi connectivity index (χ0) is 64.2. The van der Waals surface area contributed by atoms with E-state index in [0.717, 1.165) is 102 Å². The highest BCUT2D eigenvalue weighted by Gasteiger charge is 2.30. The number of hydrogen-bond acceptors (Lipinski definition) is 15. The number of aliphatic hydroxyl groups excluding tert-OH is 1. The van der Waals surface area contributed by atoms with E-state index in [1.54, 1.807) is 0 Å². The first-order valence-corrected chi connectivity index (χ1v) is 38.6. The average molecular weight is 1280 g/mol. The van der Waals surface area contributed by atoms with E-state index in [2.05, 4.69) is 34.6 Å². The zero-order valence-corrected chi connectivity index (χ0v) is 57.9. The molecule has 0 aliphatic carbocycles. The fraction of sp³-hybridized carbons (Fsp3) is 0.941. The number of esters is 4. The zero-order valence-electron chi connectivity index (χ0n) is 56.2. The number of phosphoric ester groups is 2. The normalized spacial score (nSPS) is 14.1. The summed E-state index contributed by atoms with van der Waals surface area (Å²) in [5.74, 6) is -1.37. The van der Waals surface area contributed by atoms with Crippen LogP contribution in [-0.4, -0.2) is 96.7 Å². The predicted octanol–water partition coefficient (Wildman–Crippen LogP) is 19.4. The summed E-state index contributed by atoms with van der Waals surface area (Å²) in [7, 11) is -9.88. The lowest BCUT2D eigenvalue weighted by molar-refractivity contribution is -0.161. The maximum atomic E-state index is 13.0. The van der Waals surface area contributed by atoms with Crippen LogP contribution in [0.25, 0.3) is 0 Å². The number of ether oxygens (including phenoxy) is 4. The molecule has 0 aromatic heterocycles. The van der Waals surface area contributed by atoms with Crippen LogP contribution in [0.15, 0.2) is 0 Å². The Morgan fingerprint density at radius 2 is 0.529 bits per heavy atom. The van der Waals surface area contributed by atoms with Crippen LogP contribution in [-0.2, 0) is 65.4 Å². The fourth-order valence-corrected chi connectivity index (χ4v) is 11.9. The number of rotatable bonds is 68. The molecule has 2 unspecified atom stereocenters. The molecule has 0 saturated carbocycles. The third kappa shape index (κ3) is 62.6. The van der Waals surface area contributed by atoms with E-state index in [-0.39, 0.29) is 25.7 Å². The lowest BCUT2D eigenvalue weighted by atomic mass is 10.0. The summed E-state index contributed by atoms with van der Waals surface area (Å²) >= 11 is 0. The van der Waals surface area contributed by atoms with Crippen LogP contribution in [0.4, 0.5) is 0 Å². The molecule has 0 rings (SSSR count).